The highest BCUT2D eigenvalue weighted by molar-refractivity contribution is 5.58. The first-order valence-corrected chi connectivity index (χ1v) is 4.89. The molecule has 1 aromatic carbocycles. The van der Waals surface area contributed by atoms with Crippen molar-refractivity contribution in [1.29, 1.82) is 0 Å². The predicted molar refractivity (Wildman–Crippen MR) is 61.2 cm³/mol. The molecule has 0 spiro atoms. The van der Waals surface area contributed by atoms with E-state index >= 15 is 0 Å². The molecular weight excluding hydrogens is 188 g/mol. The Kier molecular flexibility index (Phi) is 2.69. The van der Waals surface area contributed by atoms with Crippen LogP contribution in [0, 0.1) is 0 Å². The molecule has 0 saturated heterocycles. The monoisotopic (exact) mass is 202 g/mol. The lowest BCUT2D eigenvalue weighted by Gasteiger charge is -1.97. The van der Waals surface area contributed by atoms with Crippen LogP contribution in [0.5, 0.6) is 0 Å². The van der Waals surface area contributed by atoms with E-state index in [9.17, 15) is 0 Å². The van der Waals surface area contributed by atoms with Crippen LogP contribution in [0.1, 0.15) is 5.69 Å². The third-order valence-corrected chi connectivity index (χ3v) is 2.23. The summed E-state index contributed by atoms with van der Waals surface area (Å²) in [7, 11) is 0. The van der Waals surface area contributed by atoms with Gasteiger partial charge in [-0.3, -0.25) is 0 Å². The minimum atomic E-state index is 0.628. The summed E-state index contributed by atoms with van der Waals surface area (Å²) in [5.41, 5.74) is 13.9. The summed E-state index contributed by atoms with van der Waals surface area (Å²) in [5.74, 6) is 0.860. The van der Waals surface area contributed by atoms with Gasteiger partial charge in [0.05, 0.1) is 0 Å². The zero-order valence-corrected chi connectivity index (χ0v) is 8.40. The number of H-pyrrole nitrogens is 1. The van der Waals surface area contributed by atoms with Gasteiger partial charge in [0.2, 0.25) is 0 Å². The van der Waals surface area contributed by atoms with Crippen LogP contribution in [0.4, 0.5) is 5.69 Å². The van der Waals surface area contributed by atoms with E-state index in [1.807, 2.05) is 30.5 Å². The van der Waals surface area contributed by atoms with Crippen molar-refractivity contribution in [3.05, 3.63) is 36.2 Å². The molecule has 78 valence electrons. The maximum Gasteiger partial charge on any atom is 0.137 e. The van der Waals surface area contributed by atoms with E-state index in [0.717, 1.165) is 29.2 Å². The second-order valence-corrected chi connectivity index (χ2v) is 3.42. The first-order valence-electron chi connectivity index (χ1n) is 4.89. The molecule has 0 aliphatic heterocycles. The molecule has 0 atom stereocenters. The van der Waals surface area contributed by atoms with Gasteiger partial charge in [-0.2, -0.15) is 0 Å². The number of hydrogen-bond acceptors (Lipinski definition) is 3. The van der Waals surface area contributed by atoms with Crippen LogP contribution < -0.4 is 11.5 Å². The van der Waals surface area contributed by atoms with Gasteiger partial charge in [0, 0.05) is 29.6 Å². The predicted octanol–water partition coefficient (Wildman–Crippen LogP) is 1.16. The normalized spacial score (nSPS) is 10.5. The van der Waals surface area contributed by atoms with Gasteiger partial charge < -0.3 is 16.5 Å². The summed E-state index contributed by atoms with van der Waals surface area (Å²) in [6.45, 7) is 0.628. The van der Waals surface area contributed by atoms with Crippen molar-refractivity contribution in [2.45, 2.75) is 6.42 Å². The molecule has 0 saturated carbocycles. The molecule has 2 aromatic rings. The third kappa shape index (κ3) is 2.16. The fraction of sp³-hybridized carbons (Fsp3) is 0.182. The topological polar surface area (TPSA) is 80.7 Å². The molecule has 0 fully saturated rings. The van der Waals surface area contributed by atoms with Crippen molar-refractivity contribution in [3.63, 3.8) is 0 Å². The Bertz CT molecular complexity index is 430. The molecule has 0 radical (unpaired) electrons. The highest BCUT2D eigenvalue weighted by atomic mass is 14.9. The van der Waals surface area contributed by atoms with Crippen LogP contribution in [0.15, 0.2) is 30.5 Å². The van der Waals surface area contributed by atoms with Gasteiger partial charge >= 0.3 is 0 Å². The van der Waals surface area contributed by atoms with E-state index in [4.69, 9.17) is 11.5 Å². The first-order chi connectivity index (χ1) is 7.29. The Balaban J connectivity index is 2.25. The number of nitrogens with zero attached hydrogens (tertiary/aromatic N) is 1. The van der Waals surface area contributed by atoms with Crippen molar-refractivity contribution >= 4 is 5.69 Å². The van der Waals surface area contributed by atoms with Gasteiger partial charge in [-0.1, -0.05) is 0 Å². The van der Waals surface area contributed by atoms with Gasteiger partial charge in [-0.05, 0) is 30.8 Å². The summed E-state index contributed by atoms with van der Waals surface area (Å²) in [4.78, 5) is 7.50. The number of anilines is 1. The molecule has 0 aliphatic rings. The van der Waals surface area contributed by atoms with Crippen LogP contribution in [0.2, 0.25) is 0 Å². The molecule has 0 bridgehead atoms. The zero-order valence-electron chi connectivity index (χ0n) is 8.40. The summed E-state index contributed by atoms with van der Waals surface area (Å²) in [5, 5.41) is 0. The van der Waals surface area contributed by atoms with Crippen LogP contribution in [-0.2, 0) is 6.42 Å². The summed E-state index contributed by atoms with van der Waals surface area (Å²) in [6, 6.07) is 7.61. The summed E-state index contributed by atoms with van der Waals surface area (Å²) >= 11 is 0. The van der Waals surface area contributed by atoms with Crippen LogP contribution in [0.25, 0.3) is 11.4 Å². The molecule has 2 rings (SSSR count). The number of nitrogen functional groups attached to an aromatic ring is 1. The molecule has 0 aliphatic carbocycles. The molecule has 4 heteroatoms. The van der Waals surface area contributed by atoms with Crippen LogP contribution in [0.3, 0.4) is 0 Å². The first kappa shape index (κ1) is 9.73. The van der Waals surface area contributed by atoms with E-state index in [1.54, 1.807) is 0 Å². The number of benzene rings is 1. The van der Waals surface area contributed by atoms with E-state index in [-0.39, 0.29) is 0 Å². The van der Waals surface area contributed by atoms with Gasteiger partial charge in [0.15, 0.2) is 0 Å². The molecule has 1 aromatic heterocycles. The SMILES string of the molecule is NCCc1cnc(-c2ccc(N)cc2)[nH]1. The van der Waals surface area contributed by atoms with Crippen molar-refractivity contribution < 1.29 is 0 Å². The second kappa shape index (κ2) is 4.14. The van der Waals surface area contributed by atoms with E-state index in [0.29, 0.717) is 6.54 Å². The van der Waals surface area contributed by atoms with Crippen LogP contribution in [-0.4, -0.2) is 16.5 Å². The smallest absolute Gasteiger partial charge is 0.137 e. The molecular formula is C11H14N4. The lowest BCUT2D eigenvalue weighted by molar-refractivity contribution is 0.936. The van der Waals surface area contributed by atoms with Gasteiger partial charge in [0.25, 0.3) is 0 Å². The van der Waals surface area contributed by atoms with Gasteiger partial charge in [-0.15, -0.1) is 0 Å². The molecule has 0 amide bonds. The van der Waals surface area contributed by atoms with Crippen LogP contribution >= 0.6 is 0 Å². The van der Waals surface area contributed by atoms with E-state index in [2.05, 4.69) is 9.97 Å². The van der Waals surface area contributed by atoms with E-state index < -0.39 is 0 Å². The standard InChI is InChI=1S/C11H14N4/c12-6-5-10-7-14-11(15-10)8-1-3-9(13)4-2-8/h1-4,7H,5-6,12-13H2,(H,14,15). The highest BCUT2D eigenvalue weighted by Gasteiger charge is 2.02. The Hall–Kier alpha value is -1.81. The van der Waals surface area contributed by atoms with Crippen molar-refractivity contribution in [2.75, 3.05) is 12.3 Å². The largest absolute Gasteiger partial charge is 0.399 e. The van der Waals surface area contributed by atoms with Crippen molar-refractivity contribution in [1.82, 2.24) is 9.97 Å². The van der Waals surface area contributed by atoms with Gasteiger partial charge in [0.1, 0.15) is 5.82 Å². The molecule has 1 heterocycles. The Morgan fingerprint density at radius 1 is 1.20 bits per heavy atom. The number of nitrogens with one attached hydrogen (secondary N) is 1. The van der Waals surface area contributed by atoms with Gasteiger partial charge in [-0.25, -0.2) is 4.98 Å². The minimum Gasteiger partial charge on any atom is -0.399 e. The van der Waals surface area contributed by atoms with E-state index in [1.165, 1.54) is 0 Å². The van der Waals surface area contributed by atoms with Crippen molar-refractivity contribution in [3.8, 4) is 11.4 Å². The molecule has 5 N–H and O–H groups in total. The Morgan fingerprint density at radius 3 is 2.60 bits per heavy atom. The maximum absolute atomic E-state index is 5.61. The summed E-state index contributed by atoms with van der Waals surface area (Å²) < 4.78 is 0. The Labute approximate surface area is 88.3 Å². The minimum absolute atomic E-state index is 0.628. The van der Waals surface area contributed by atoms with Crippen molar-refractivity contribution in [2.24, 2.45) is 5.73 Å². The number of nitrogens with two attached hydrogens (primary N) is 2. The maximum atomic E-state index is 5.61. The number of aromatic nitrogens is 2. The molecule has 15 heavy (non-hydrogen) atoms. The molecule has 4 nitrogen and oxygen atoms in total. The fourth-order valence-electron chi connectivity index (χ4n) is 1.43. The lowest BCUT2D eigenvalue weighted by Crippen LogP contribution is -2.02. The highest BCUT2D eigenvalue weighted by Crippen LogP contribution is 2.17. The number of imidazole rings is 1. The lowest BCUT2D eigenvalue weighted by atomic mass is 10.2. The number of hydrogen-bond donors (Lipinski definition) is 3. The Morgan fingerprint density at radius 2 is 1.93 bits per heavy atom. The quantitative estimate of drug-likeness (QED) is 0.653. The zero-order chi connectivity index (χ0) is 10.7. The third-order valence-electron chi connectivity index (χ3n) is 2.23. The number of rotatable bonds is 3. The second-order valence-electron chi connectivity index (χ2n) is 3.42. The average Bonchev–Trinajstić information content (AvgIpc) is 2.68. The fourth-order valence-corrected chi connectivity index (χ4v) is 1.43. The molecule has 0 unspecified atom stereocenters. The number of aromatic amines is 1. The summed E-state index contributed by atoms with van der Waals surface area (Å²) in [6.07, 6.45) is 2.64. The average molecular weight is 202 g/mol.